The maximum Gasteiger partial charge on any atom is 0.161 e. The second kappa shape index (κ2) is 16.7. The first-order valence-electron chi connectivity index (χ1n) is 17.4. The molecular weight excluding hydrogens is 645 g/mol. The van der Waals surface area contributed by atoms with Crippen LogP contribution in [0.15, 0.2) is 127 Å². The molecule has 2 heterocycles. The predicted octanol–water partition coefficient (Wildman–Crippen LogP) is 8.26. The van der Waals surface area contributed by atoms with Gasteiger partial charge in [0.1, 0.15) is 31.5 Å². The van der Waals surface area contributed by atoms with E-state index in [0.29, 0.717) is 33.0 Å². The molecule has 0 radical (unpaired) electrons. The van der Waals surface area contributed by atoms with Crippen LogP contribution in [0, 0.1) is 6.92 Å². The van der Waals surface area contributed by atoms with Crippen molar-refractivity contribution in [2.24, 2.45) is 0 Å². The number of aliphatic hydroxyl groups excluding tert-OH is 1. The van der Waals surface area contributed by atoms with Crippen molar-refractivity contribution in [1.82, 2.24) is 0 Å². The van der Waals surface area contributed by atoms with Crippen molar-refractivity contribution < 1.29 is 28.8 Å². The molecule has 258 valence electrons. The second-order valence-corrected chi connectivity index (χ2v) is 14.3. The predicted molar refractivity (Wildman–Crippen MR) is 198 cm³/mol. The lowest BCUT2D eigenvalue weighted by Gasteiger charge is -2.46. The Morgan fingerprint density at radius 1 is 0.600 bits per heavy atom. The number of benzene rings is 5. The summed E-state index contributed by atoms with van der Waals surface area (Å²) in [4.78, 5) is 0. The summed E-state index contributed by atoms with van der Waals surface area (Å²) >= 11 is 1.72. The smallest absolute Gasteiger partial charge is 0.161 e. The van der Waals surface area contributed by atoms with Crippen molar-refractivity contribution >= 4 is 11.8 Å². The summed E-state index contributed by atoms with van der Waals surface area (Å²) in [6.45, 7) is 4.48. The molecule has 1 fully saturated rings. The maximum absolute atomic E-state index is 10.9. The minimum absolute atomic E-state index is 0.0485. The first-order chi connectivity index (χ1) is 24.6. The van der Waals surface area contributed by atoms with E-state index >= 15 is 0 Å². The Labute approximate surface area is 299 Å². The number of fused-ring (bicyclic) bond motifs is 1. The SMILES string of the molecule is Cc1ccc(C2S[C@H](CO)[C@@H](OCc3ccccc3)[C@H](OCc3ccccc3)[C@H]2OCc2ccccc2)cc1Cc1ccc2c(c1)OCCO2. The normalized spacial score (nSPS) is 21.5. The third kappa shape index (κ3) is 8.43. The van der Waals surface area contributed by atoms with Crippen LogP contribution in [0.25, 0.3) is 0 Å². The van der Waals surface area contributed by atoms with E-state index < -0.39 is 12.2 Å². The summed E-state index contributed by atoms with van der Waals surface area (Å²) in [6, 6.07) is 43.5. The fraction of sp³-hybridized carbons (Fsp3) is 0.302. The largest absolute Gasteiger partial charge is 0.486 e. The van der Waals surface area contributed by atoms with Crippen molar-refractivity contribution in [3.05, 3.63) is 166 Å². The average Bonchev–Trinajstić information content (AvgIpc) is 3.17. The Bertz CT molecular complexity index is 1800. The molecule has 1 N–H and O–H groups in total. The summed E-state index contributed by atoms with van der Waals surface area (Å²) in [6.07, 6.45) is -0.469. The Morgan fingerprint density at radius 2 is 1.16 bits per heavy atom. The number of aliphatic hydroxyl groups is 1. The zero-order valence-corrected chi connectivity index (χ0v) is 29.2. The van der Waals surface area contributed by atoms with Gasteiger partial charge in [-0.25, -0.2) is 0 Å². The third-order valence-electron chi connectivity index (χ3n) is 9.37. The number of ether oxygens (including phenoxy) is 5. The lowest BCUT2D eigenvalue weighted by molar-refractivity contribution is -0.158. The molecule has 0 aromatic heterocycles. The van der Waals surface area contributed by atoms with Crippen molar-refractivity contribution in [3.63, 3.8) is 0 Å². The molecule has 0 spiro atoms. The van der Waals surface area contributed by atoms with Crippen molar-refractivity contribution in [2.45, 2.75) is 62.0 Å². The van der Waals surface area contributed by atoms with Gasteiger partial charge >= 0.3 is 0 Å². The van der Waals surface area contributed by atoms with Crippen molar-refractivity contribution in [2.75, 3.05) is 19.8 Å². The van der Waals surface area contributed by atoms with Crippen LogP contribution in [0.3, 0.4) is 0 Å². The first kappa shape index (κ1) is 34.3. The molecule has 6 nitrogen and oxygen atoms in total. The van der Waals surface area contributed by atoms with Gasteiger partial charge in [0.15, 0.2) is 11.5 Å². The highest BCUT2D eigenvalue weighted by atomic mass is 32.2. The Hall–Kier alpha value is -4.11. The van der Waals surface area contributed by atoms with Crippen LogP contribution in [0.5, 0.6) is 11.5 Å². The number of hydrogen-bond acceptors (Lipinski definition) is 7. The number of hydrogen-bond donors (Lipinski definition) is 1. The monoisotopic (exact) mass is 688 g/mol. The van der Waals surface area contributed by atoms with E-state index in [-0.39, 0.29) is 23.2 Å². The summed E-state index contributed by atoms with van der Waals surface area (Å²) in [7, 11) is 0. The zero-order valence-electron chi connectivity index (χ0n) is 28.4. The molecule has 5 atom stereocenters. The van der Waals surface area contributed by atoms with Crippen molar-refractivity contribution in [1.29, 1.82) is 0 Å². The van der Waals surface area contributed by atoms with Gasteiger partial charge in [-0.3, -0.25) is 0 Å². The fourth-order valence-corrected chi connectivity index (χ4v) is 8.22. The van der Waals surface area contributed by atoms with Gasteiger partial charge in [0.25, 0.3) is 0 Å². The summed E-state index contributed by atoms with van der Waals surface area (Å²) in [5.41, 5.74) is 7.98. The maximum atomic E-state index is 10.9. The minimum Gasteiger partial charge on any atom is -0.486 e. The van der Waals surface area contributed by atoms with Gasteiger partial charge in [0.2, 0.25) is 0 Å². The van der Waals surface area contributed by atoms with Gasteiger partial charge in [-0.1, -0.05) is 115 Å². The number of rotatable bonds is 13. The van der Waals surface area contributed by atoms with Gasteiger partial charge in [0, 0.05) is 0 Å². The fourth-order valence-electron chi connectivity index (χ4n) is 6.68. The van der Waals surface area contributed by atoms with Crippen LogP contribution >= 0.6 is 11.8 Å². The number of thioether (sulfide) groups is 1. The van der Waals surface area contributed by atoms with Crippen molar-refractivity contribution in [3.8, 4) is 11.5 Å². The third-order valence-corrected chi connectivity index (χ3v) is 11.0. The highest BCUT2D eigenvalue weighted by Crippen LogP contribution is 2.47. The topological polar surface area (TPSA) is 66.4 Å². The van der Waals surface area contributed by atoms with E-state index in [1.165, 1.54) is 11.1 Å². The van der Waals surface area contributed by atoms with E-state index in [0.717, 1.165) is 45.7 Å². The summed E-state index contributed by atoms with van der Waals surface area (Å²) < 4.78 is 32.1. The summed E-state index contributed by atoms with van der Waals surface area (Å²) in [5.74, 6) is 1.59. The molecule has 1 unspecified atom stereocenters. The number of aryl methyl sites for hydroxylation is 1. The molecule has 2 aliphatic rings. The first-order valence-corrected chi connectivity index (χ1v) is 18.3. The van der Waals surface area contributed by atoms with Gasteiger partial charge < -0.3 is 28.8 Å². The van der Waals surface area contributed by atoms with Crippen LogP contribution in [-0.4, -0.2) is 48.5 Å². The molecular formula is C43H44O6S. The van der Waals surface area contributed by atoms with Crippen LogP contribution in [0.1, 0.15) is 44.2 Å². The molecule has 5 aromatic rings. The lowest BCUT2D eigenvalue weighted by Crippen LogP contribution is -2.54. The van der Waals surface area contributed by atoms with E-state index in [9.17, 15) is 5.11 Å². The molecule has 5 aromatic carbocycles. The molecule has 50 heavy (non-hydrogen) atoms. The van der Waals surface area contributed by atoms with Crippen LogP contribution < -0.4 is 9.47 Å². The molecule has 0 aliphatic carbocycles. The molecule has 2 aliphatic heterocycles. The van der Waals surface area contributed by atoms with E-state index in [4.69, 9.17) is 23.7 Å². The van der Waals surface area contributed by atoms with Gasteiger partial charge in [0.05, 0.1) is 36.9 Å². The Kier molecular flexibility index (Phi) is 11.5. The molecule has 0 amide bonds. The molecule has 7 rings (SSSR count). The summed E-state index contributed by atoms with van der Waals surface area (Å²) in [5, 5.41) is 10.5. The second-order valence-electron chi connectivity index (χ2n) is 12.9. The minimum atomic E-state index is -0.450. The van der Waals surface area contributed by atoms with E-state index in [2.05, 4.69) is 73.7 Å². The quantitative estimate of drug-likeness (QED) is 0.134. The van der Waals surface area contributed by atoms with E-state index in [1.807, 2.05) is 60.7 Å². The standard InChI is InChI=1S/C43H44O6S/c1-30-17-19-35(25-36(30)23-34-18-20-37-38(24-34)46-22-21-45-37)43-42(49-29-33-15-9-4-10-16-33)41(48-28-32-13-7-3-8-14-32)40(39(26-44)50-43)47-27-31-11-5-2-6-12-31/h2-20,24-25,39-44H,21-23,26-29H2,1H3/t39-,40-,41+,42-,43?/m1/s1. The molecule has 7 heteroatoms. The lowest BCUT2D eigenvalue weighted by atomic mass is 9.92. The Morgan fingerprint density at radius 3 is 1.76 bits per heavy atom. The zero-order chi connectivity index (χ0) is 34.1. The Balaban J connectivity index is 1.22. The van der Waals surface area contributed by atoms with E-state index in [1.54, 1.807) is 11.8 Å². The van der Waals surface area contributed by atoms with Crippen LogP contribution in [0.4, 0.5) is 0 Å². The van der Waals surface area contributed by atoms with Crippen LogP contribution in [-0.2, 0) is 40.5 Å². The molecule has 0 saturated carbocycles. The average molecular weight is 689 g/mol. The molecule has 1 saturated heterocycles. The van der Waals surface area contributed by atoms with Crippen LogP contribution in [0.2, 0.25) is 0 Å². The van der Waals surface area contributed by atoms with Gasteiger partial charge in [-0.15, -0.1) is 11.8 Å². The van der Waals surface area contributed by atoms with Gasteiger partial charge in [-0.05, 0) is 64.4 Å². The van der Waals surface area contributed by atoms with Gasteiger partial charge in [-0.2, -0.15) is 0 Å². The highest BCUT2D eigenvalue weighted by molar-refractivity contribution is 8.00. The molecule has 0 bridgehead atoms. The highest BCUT2D eigenvalue weighted by Gasteiger charge is 2.48.